The van der Waals surface area contributed by atoms with E-state index in [1.54, 1.807) is 0 Å². The van der Waals surface area contributed by atoms with Crippen LogP contribution in [0.25, 0.3) is 0 Å². The van der Waals surface area contributed by atoms with E-state index in [9.17, 15) is 0 Å². The van der Waals surface area contributed by atoms with Crippen LogP contribution in [0.1, 0.15) is 25.0 Å². The lowest BCUT2D eigenvalue weighted by molar-refractivity contribution is -0.00803. The SMILES string of the molecule is CN=C(NCC1CC1C)N1CCOC(c2cnn(C)c2)C1.I. The first-order chi connectivity index (χ1) is 10.2. The van der Waals surface area contributed by atoms with E-state index in [-0.39, 0.29) is 30.1 Å². The summed E-state index contributed by atoms with van der Waals surface area (Å²) < 4.78 is 7.70. The van der Waals surface area contributed by atoms with E-state index in [0.717, 1.165) is 49.6 Å². The molecule has 0 bridgehead atoms. The summed E-state index contributed by atoms with van der Waals surface area (Å²) in [6, 6.07) is 0. The molecule has 3 unspecified atom stereocenters. The lowest BCUT2D eigenvalue weighted by Gasteiger charge is -2.34. The molecule has 0 radical (unpaired) electrons. The summed E-state index contributed by atoms with van der Waals surface area (Å²) in [6.07, 6.45) is 5.32. The highest BCUT2D eigenvalue weighted by atomic mass is 127. The molecule has 22 heavy (non-hydrogen) atoms. The number of hydrogen-bond donors (Lipinski definition) is 1. The van der Waals surface area contributed by atoms with Crippen molar-refractivity contribution < 1.29 is 4.74 Å². The lowest BCUT2D eigenvalue weighted by Crippen LogP contribution is -2.48. The molecular weight excluding hydrogens is 393 g/mol. The quantitative estimate of drug-likeness (QED) is 0.460. The number of guanidine groups is 1. The molecule has 2 heterocycles. The number of morpholine rings is 1. The Labute approximate surface area is 149 Å². The van der Waals surface area contributed by atoms with Crippen molar-refractivity contribution in [3.8, 4) is 0 Å². The normalized spacial score (nSPS) is 28.2. The fourth-order valence-electron chi connectivity index (χ4n) is 2.89. The fraction of sp³-hybridized carbons (Fsp3) is 0.733. The molecule has 1 aromatic heterocycles. The molecule has 1 aliphatic carbocycles. The molecule has 1 aliphatic heterocycles. The zero-order valence-corrected chi connectivity index (χ0v) is 15.9. The van der Waals surface area contributed by atoms with Gasteiger partial charge in [-0.1, -0.05) is 6.92 Å². The van der Waals surface area contributed by atoms with Crippen molar-refractivity contribution in [1.82, 2.24) is 20.0 Å². The highest BCUT2D eigenvalue weighted by Gasteiger charge is 2.33. The van der Waals surface area contributed by atoms with E-state index in [4.69, 9.17) is 4.74 Å². The molecule has 1 saturated carbocycles. The molecule has 2 aliphatic rings. The van der Waals surface area contributed by atoms with Crippen molar-refractivity contribution in [3.63, 3.8) is 0 Å². The number of aromatic nitrogens is 2. The van der Waals surface area contributed by atoms with Gasteiger partial charge < -0.3 is 15.0 Å². The number of rotatable bonds is 3. The molecule has 0 spiro atoms. The summed E-state index contributed by atoms with van der Waals surface area (Å²) >= 11 is 0. The molecule has 2 fully saturated rings. The molecule has 6 nitrogen and oxygen atoms in total. The Balaban J connectivity index is 0.00000176. The van der Waals surface area contributed by atoms with Crippen LogP contribution in [0.2, 0.25) is 0 Å². The van der Waals surface area contributed by atoms with Crippen molar-refractivity contribution >= 4 is 29.9 Å². The number of ether oxygens (including phenoxy) is 1. The van der Waals surface area contributed by atoms with Gasteiger partial charge in [-0.05, 0) is 18.3 Å². The molecule has 3 atom stereocenters. The second kappa shape index (κ2) is 7.63. The number of halogens is 1. The highest BCUT2D eigenvalue weighted by molar-refractivity contribution is 14.0. The Kier molecular flexibility index (Phi) is 6.08. The summed E-state index contributed by atoms with van der Waals surface area (Å²) in [7, 11) is 3.79. The van der Waals surface area contributed by atoms with E-state index in [1.807, 2.05) is 31.2 Å². The molecular formula is C15H26IN5O. The monoisotopic (exact) mass is 419 g/mol. The number of nitrogens with one attached hydrogen (secondary N) is 1. The number of aryl methyl sites for hydroxylation is 1. The van der Waals surface area contributed by atoms with Crippen LogP contribution in [-0.2, 0) is 11.8 Å². The van der Waals surface area contributed by atoms with Gasteiger partial charge in [0.2, 0.25) is 0 Å². The summed E-state index contributed by atoms with van der Waals surface area (Å²) in [5.41, 5.74) is 1.13. The predicted molar refractivity (Wildman–Crippen MR) is 97.5 cm³/mol. The molecule has 0 amide bonds. The smallest absolute Gasteiger partial charge is 0.193 e. The van der Waals surface area contributed by atoms with Crippen molar-refractivity contribution in [2.24, 2.45) is 23.9 Å². The number of nitrogens with zero attached hydrogens (tertiary/aromatic N) is 4. The topological polar surface area (TPSA) is 54.7 Å². The molecule has 124 valence electrons. The second-order valence-electron chi connectivity index (χ2n) is 6.15. The summed E-state index contributed by atoms with van der Waals surface area (Å²) in [5.74, 6) is 2.67. The van der Waals surface area contributed by atoms with Crippen LogP contribution in [0.4, 0.5) is 0 Å². The van der Waals surface area contributed by atoms with E-state index in [2.05, 4.69) is 27.2 Å². The summed E-state index contributed by atoms with van der Waals surface area (Å²) in [4.78, 5) is 6.71. The van der Waals surface area contributed by atoms with E-state index in [1.165, 1.54) is 6.42 Å². The lowest BCUT2D eigenvalue weighted by atomic mass is 10.1. The van der Waals surface area contributed by atoms with Gasteiger partial charge in [0, 0.05) is 38.9 Å². The van der Waals surface area contributed by atoms with Gasteiger partial charge >= 0.3 is 0 Å². The average molecular weight is 419 g/mol. The molecule has 1 N–H and O–H groups in total. The standard InChI is InChI=1S/C15H25N5O.HI/c1-11-6-12(11)7-17-15(16-2)20-4-5-21-14(10-20)13-8-18-19(3)9-13;/h8-9,11-12,14H,4-7,10H2,1-3H3,(H,16,17);1H. The fourth-order valence-corrected chi connectivity index (χ4v) is 2.89. The Morgan fingerprint density at radius 3 is 2.91 bits per heavy atom. The van der Waals surface area contributed by atoms with Gasteiger partial charge in [-0.3, -0.25) is 9.67 Å². The van der Waals surface area contributed by atoms with Crippen LogP contribution in [0.3, 0.4) is 0 Å². The van der Waals surface area contributed by atoms with Crippen LogP contribution in [-0.4, -0.2) is 53.9 Å². The molecule has 3 rings (SSSR count). The minimum atomic E-state index is 0. The van der Waals surface area contributed by atoms with Gasteiger partial charge in [0.1, 0.15) is 6.10 Å². The minimum absolute atomic E-state index is 0. The van der Waals surface area contributed by atoms with Crippen LogP contribution < -0.4 is 5.32 Å². The second-order valence-corrected chi connectivity index (χ2v) is 6.15. The van der Waals surface area contributed by atoms with Crippen molar-refractivity contribution in [1.29, 1.82) is 0 Å². The van der Waals surface area contributed by atoms with Gasteiger partial charge in [-0.25, -0.2) is 0 Å². The van der Waals surface area contributed by atoms with E-state index >= 15 is 0 Å². The Bertz CT molecular complexity index is 518. The Morgan fingerprint density at radius 2 is 2.32 bits per heavy atom. The average Bonchev–Trinajstić information content (AvgIpc) is 3.02. The first-order valence-electron chi connectivity index (χ1n) is 7.73. The predicted octanol–water partition coefficient (Wildman–Crippen LogP) is 1.64. The highest BCUT2D eigenvalue weighted by Crippen LogP contribution is 2.36. The summed E-state index contributed by atoms with van der Waals surface area (Å²) in [5, 5.41) is 7.74. The zero-order chi connectivity index (χ0) is 14.8. The molecule has 1 saturated heterocycles. The van der Waals surface area contributed by atoms with Crippen molar-refractivity contribution in [2.45, 2.75) is 19.4 Å². The number of aliphatic imine (C=N–C) groups is 1. The van der Waals surface area contributed by atoms with Crippen LogP contribution >= 0.6 is 24.0 Å². The first kappa shape index (κ1) is 17.5. The maximum Gasteiger partial charge on any atom is 0.193 e. The van der Waals surface area contributed by atoms with Crippen LogP contribution in [0.15, 0.2) is 17.4 Å². The van der Waals surface area contributed by atoms with Gasteiger partial charge in [0.05, 0.1) is 19.3 Å². The molecule has 7 heteroatoms. The Hall–Kier alpha value is -0.830. The zero-order valence-electron chi connectivity index (χ0n) is 13.5. The maximum absolute atomic E-state index is 5.88. The maximum atomic E-state index is 5.88. The van der Waals surface area contributed by atoms with Gasteiger partial charge in [-0.15, -0.1) is 24.0 Å². The third kappa shape index (κ3) is 4.13. The van der Waals surface area contributed by atoms with Crippen molar-refractivity contribution in [3.05, 3.63) is 18.0 Å². The number of hydrogen-bond acceptors (Lipinski definition) is 3. The van der Waals surface area contributed by atoms with E-state index in [0.29, 0.717) is 0 Å². The van der Waals surface area contributed by atoms with Gasteiger partial charge in [0.25, 0.3) is 0 Å². The van der Waals surface area contributed by atoms with Gasteiger partial charge in [0.15, 0.2) is 5.96 Å². The Morgan fingerprint density at radius 1 is 1.55 bits per heavy atom. The molecule has 0 aromatic carbocycles. The largest absolute Gasteiger partial charge is 0.370 e. The third-order valence-electron chi connectivity index (χ3n) is 4.47. The van der Waals surface area contributed by atoms with E-state index < -0.39 is 0 Å². The van der Waals surface area contributed by atoms with Crippen LogP contribution in [0, 0.1) is 11.8 Å². The van der Waals surface area contributed by atoms with Crippen molar-refractivity contribution in [2.75, 3.05) is 33.3 Å². The summed E-state index contributed by atoms with van der Waals surface area (Å²) in [6.45, 7) is 5.77. The third-order valence-corrected chi connectivity index (χ3v) is 4.47. The molecule has 1 aromatic rings. The minimum Gasteiger partial charge on any atom is -0.370 e. The van der Waals surface area contributed by atoms with Gasteiger partial charge in [-0.2, -0.15) is 5.10 Å². The first-order valence-corrected chi connectivity index (χ1v) is 7.73. The van der Waals surface area contributed by atoms with Crippen LogP contribution in [0.5, 0.6) is 0 Å².